The Labute approximate surface area is 128 Å². The van der Waals surface area contributed by atoms with E-state index in [0.717, 1.165) is 4.90 Å². The van der Waals surface area contributed by atoms with Gasteiger partial charge in [0, 0.05) is 13.1 Å². The number of nitrogens with one attached hydrogen (secondary N) is 1. The predicted octanol–water partition coefficient (Wildman–Crippen LogP) is 2.70. The Morgan fingerprint density at radius 1 is 1.27 bits per heavy atom. The average molecular weight is 324 g/mol. The van der Waals surface area contributed by atoms with Crippen LogP contribution >= 0.6 is 0 Å². The van der Waals surface area contributed by atoms with Crippen LogP contribution in [0.15, 0.2) is 0 Å². The molecule has 128 valence electrons. The lowest BCUT2D eigenvalue weighted by Gasteiger charge is -2.38. The number of ether oxygens (including phenoxy) is 1. The summed E-state index contributed by atoms with van der Waals surface area (Å²) in [6, 6.07) is -0.542. The molecule has 0 unspecified atom stereocenters. The van der Waals surface area contributed by atoms with Gasteiger partial charge in [-0.25, -0.2) is 4.79 Å². The maximum absolute atomic E-state index is 12.5. The molecule has 0 aromatic carbocycles. The SMILES string of the molecule is CC[C@@H]1CCN(C(=O)C(F)(F)F)C[C@H]1NC(=O)OC(C)(C)C. The van der Waals surface area contributed by atoms with Crippen LogP contribution < -0.4 is 5.32 Å². The van der Waals surface area contributed by atoms with E-state index in [-0.39, 0.29) is 19.0 Å². The molecule has 1 fully saturated rings. The number of hydrogen-bond acceptors (Lipinski definition) is 3. The topological polar surface area (TPSA) is 58.6 Å². The molecule has 2 atom stereocenters. The number of halogens is 3. The maximum atomic E-state index is 12.5. The second kappa shape index (κ2) is 6.75. The first-order valence-electron chi connectivity index (χ1n) is 7.29. The first-order chi connectivity index (χ1) is 9.94. The van der Waals surface area contributed by atoms with Crippen LogP contribution in [0.4, 0.5) is 18.0 Å². The number of alkyl halides is 3. The summed E-state index contributed by atoms with van der Waals surface area (Å²) in [5.41, 5.74) is -0.693. The molecule has 0 aromatic heterocycles. The minimum Gasteiger partial charge on any atom is -0.444 e. The van der Waals surface area contributed by atoms with Crippen LogP contribution in [-0.4, -0.2) is 47.8 Å². The highest BCUT2D eigenvalue weighted by molar-refractivity contribution is 5.82. The zero-order valence-corrected chi connectivity index (χ0v) is 13.3. The minimum absolute atomic E-state index is 0.0183. The third-order valence-corrected chi connectivity index (χ3v) is 3.51. The van der Waals surface area contributed by atoms with E-state index < -0.39 is 29.8 Å². The van der Waals surface area contributed by atoms with Crippen LogP contribution in [0.5, 0.6) is 0 Å². The quantitative estimate of drug-likeness (QED) is 0.849. The molecule has 1 aliphatic heterocycles. The molecule has 8 heteroatoms. The number of carbonyl (C=O) groups excluding carboxylic acids is 2. The zero-order chi connectivity index (χ0) is 17.1. The van der Waals surface area contributed by atoms with Crippen molar-refractivity contribution in [1.82, 2.24) is 10.2 Å². The number of alkyl carbamates (subject to hydrolysis) is 1. The van der Waals surface area contributed by atoms with E-state index in [2.05, 4.69) is 5.32 Å². The van der Waals surface area contributed by atoms with E-state index >= 15 is 0 Å². The third-order valence-electron chi connectivity index (χ3n) is 3.51. The van der Waals surface area contributed by atoms with Gasteiger partial charge in [-0.15, -0.1) is 0 Å². The Morgan fingerprint density at radius 2 is 1.86 bits per heavy atom. The van der Waals surface area contributed by atoms with Crippen molar-refractivity contribution in [3.8, 4) is 0 Å². The highest BCUT2D eigenvalue weighted by Crippen LogP contribution is 2.26. The summed E-state index contributed by atoms with van der Waals surface area (Å²) in [4.78, 5) is 23.9. The fraction of sp³-hybridized carbons (Fsp3) is 0.857. The number of amides is 2. The summed E-state index contributed by atoms with van der Waals surface area (Å²) in [6.07, 6.45) is -4.46. The number of rotatable bonds is 2. The van der Waals surface area contributed by atoms with Gasteiger partial charge in [0.25, 0.3) is 0 Å². The first-order valence-corrected chi connectivity index (χ1v) is 7.29. The molecule has 5 nitrogen and oxygen atoms in total. The Balaban J connectivity index is 2.72. The van der Waals surface area contributed by atoms with Crippen molar-refractivity contribution in [1.29, 1.82) is 0 Å². The largest absolute Gasteiger partial charge is 0.471 e. The lowest BCUT2D eigenvalue weighted by Crippen LogP contribution is -2.56. The smallest absolute Gasteiger partial charge is 0.444 e. The van der Waals surface area contributed by atoms with Gasteiger partial charge in [0.2, 0.25) is 0 Å². The second-order valence-corrected chi connectivity index (χ2v) is 6.46. The Bertz CT molecular complexity index is 419. The van der Waals surface area contributed by atoms with Crippen molar-refractivity contribution in [3.63, 3.8) is 0 Å². The number of piperidine rings is 1. The van der Waals surface area contributed by atoms with Gasteiger partial charge in [-0.3, -0.25) is 4.79 Å². The highest BCUT2D eigenvalue weighted by Gasteiger charge is 2.45. The van der Waals surface area contributed by atoms with Gasteiger partial charge in [-0.1, -0.05) is 13.3 Å². The van der Waals surface area contributed by atoms with Crippen molar-refractivity contribution in [2.45, 2.75) is 58.4 Å². The summed E-state index contributed by atoms with van der Waals surface area (Å²) in [6.45, 7) is 6.88. The fourth-order valence-corrected chi connectivity index (χ4v) is 2.48. The van der Waals surface area contributed by atoms with Crippen LogP contribution in [0, 0.1) is 5.92 Å². The number of carbonyl (C=O) groups is 2. The molecule has 0 radical (unpaired) electrons. The monoisotopic (exact) mass is 324 g/mol. The minimum atomic E-state index is -4.89. The molecule has 0 bridgehead atoms. The lowest BCUT2D eigenvalue weighted by molar-refractivity contribution is -0.187. The van der Waals surface area contributed by atoms with Crippen LogP contribution in [0.3, 0.4) is 0 Å². The van der Waals surface area contributed by atoms with Crippen molar-refractivity contribution in [2.75, 3.05) is 13.1 Å². The predicted molar refractivity (Wildman–Crippen MR) is 74.2 cm³/mol. The van der Waals surface area contributed by atoms with Crippen LogP contribution in [0.2, 0.25) is 0 Å². The van der Waals surface area contributed by atoms with Crippen molar-refractivity contribution >= 4 is 12.0 Å². The van der Waals surface area contributed by atoms with Gasteiger partial charge in [-0.2, -0.15) is 13.2 Å². The van der Waals surface area contributed by atoms with Crippen LogP contribution in [0.1, 0.15) is 40.5 Å². The summed E-state index contributed by atoms with van der Waals surface area (Å²) in [5.74, 6) is -1.84. The maximum Gasteiger partial charge on any atom is 0.471 e. The van der Waals surface area contributed by atoms with Gasteiger partial charge in [0.15, 0.2) is 0 Å². The summed E-state index contributed by atoms with van der Waals surface area (Å²) in [7, 11) is 0. The second-order valence-electron chi connectivity index (χ2n) is 6.46. The molecule has 0 aliphatic carbocycles. The molecule has 1 aliphatic rings. The van der Waals surface area contributed by atoms with Gasteiger partial charge >= 0.3 is 18.2 Å². The van der Waals surface area contributed by atoms with E-state index in [1.165, 1.54) is 0 Å². The third kappa shape index (κ3) is 5.38. The molecule has 2 amide bonds. The molecular weight excluding hydrogens is 301 g/mol. The molecule has 0 saturated carbocycles. The molecular formula is C14H23F3N2O3. The van der Waals surface area contributed by atoms with Gasteiger partial charge < -0.3 is 15.0 Å². The summed E-state index contributed by atoms with van der Waals surface area (Å²) in [5, 5.41) is 2.59. The summed E-state index contributed by atoms with van der Waals surface area (Å²) < 4.78 is 42.7. The Kier molecular flexibility index (Phi) is 5.70. The van der Waals surface area contributed by atoms with Crippen molar-refractivity contribution in [2.24, 2.45) is 5.92 Å². The molecule has 0 spiro atoms. The fourth-order valence-electron chi connectivity index (χ4n) is 2.48. The number of nitrogens with zero attached hydrogens (tertiary/aromatic N) is 1. The Morgan fingerprint density at radius 3 is 2.32 bits per heavy atom. The number of likely N-dealkylation sites (tertiary alicyclic amines) is 1. The summed E-state index contributed by atoms with van der Waals surface area (Å²) >= 11 is 0. The average Bonchev–Trinajstić information content (AvgIpc) is 2.34. The van der Waals surface area contributed by atoms with Crippen molar-refractivity contribution in [3.05, 3.63) is 0 Å². The molecule has 1 rings (SSSR count). The zero-order valence-electron chi connectivity index (χ0n) is 13.3. The van der Waals surface area contributed by atoms with Gasteiger partial charge in [0.05, 0.1) is 6.04 Å². The Hall–Kier alpha value is -1.47. The van der Waals surface area contributed by atoms with E-state index in [4.69, 9.17) is 4.74 Å². The molecule has 22 heavy (non-hydrogen) atoms. The normalized spacial score (nSPS) is 23.1. The van der Waals surface area contributed by atoms with Crippen molar-refractivity contribution < 1.29 is 27.5 Å². The van der Waals surface area contributed by atoms with E-state index in [1.807, 2.05) is 6.92 Å². The van der Waals surface area contributed by atoms with Gasteiger partial charge in [0.1, 0.15) is 5.60 Å². The van der Waals surface area contributed by atoms with E-state index in [1.54, 1.807) is 20.8 Å². The molecule has 1 N–H and O–H groups in total. The van der Waals surface area contributed by atoms with Crippen LogP contribution in [0.25, 0.3) is 0 Å². The van der Waals surface area contributed by atoms with E-state index in [9.17, 15) is 22.8 Å². The molecule has 1 heterocycles. The lowest BCUT2D eigenvalue weighted by atomic mass is 9.89. The van der Waals surface area contributed by atoms with Crippen LogP contribution in [-0.2, 0) is 9.53 Å². The standard InChI is InChI=1S/C14H23F3N2O3/c1-5-9-6-7-19(11(20)14(15,16)17)8-10(9)18-12(21)22-13(2,3)4/h9-10H,5-8H2,1-4H3,(H,18,21)/t9-,10-/m1/s1. The molecule has 1 saturated heterocycles. The highest BCUT2D eigenvalue weighted by atomic mass is 19.4. The molecule has 0 aromatic rings. The van der Waals surface area contributed by atoms with E-state index in [0.29, 0.717) is 12.8 Å². The van der Waals surface area contributed by atoms with Gasteiger partial charge in [-0.05, 0) is 33.1 Å². The number of hydrogen-bond donors (Lipinski definition) is 1. The first kappa shape index (κ1) is 18.6.